The summed E-state index contributed by atoms with van der Waals surface area (Å²) in [6.45, 7) is 5.30. The Morgan fingerprint density at radius 2 is 2.07 bits per heavy atom. The van der Waals surface area contributed by atoms with Crippen LogP contribution in [0.15, 0.2) is 0 Å². The van der Waals surface area contributed by atoms with Crippen molar-refractivity contribution in [3.63, 3.8) is 0 Å². The molecular weight excluding hydrogens is 198 g/mol. The summed E-state index contributed by atoms with van der Waals surface area (Å²) >= 11 is 0. The predicted octanol–water partition coefficient (Wildman–Crippen LogP) is -0.567. The molecule has 15 heavy (non-hydrogen) atoms. The number of ether oxygens (including phenoxy) is 1. The third-order valence-corrected chi connectivity index (χ3v) is 3.32. The van der Waals surface area contributed by atoms with Crippen LogP contribution in [0.3, 0.4) is 0 Å². The molecule has 0 bridgehead atoms. The van der Waals surface area contributed by atoms with E-state index in [2.05, 4.69) is 5.32 Å². The molecule has 2 heterocycles. The summed E-state index contributed by atoms with van der Waals surface area (Å²) < 4.78 is 4.94. The van der Waals surface area contributed by atoms with Gasteiger partial charge in [-0.2, -0.15) is 0 Å². The quantitative estimate of drug-likeness (QED) is 0.602. The minimum Gasteiger partial charge on any atom is -0.456 e. The molecule has 4 atom stereocenters. The summed E-state index contributed by atoms with van der Waals surface area (Å²) in [6.07, 6.45) is -1.41. The van der Waals surface area contributed by atoms with E-state index in [9.17, 15) is 14.7 Å². The molecule has 0 aromatic heterocycles. The smallest absolute Gasteiger partial charge is 0.338 e. The van der Waals surface area contributed by atoms with Gasteiger partial charge in [-0.1, -0.05) is 13.8 Å². The lowest BCUT2D eigenvalue weighted by molar-refractivity contribution is -0.206. The van der Waals surface area contributed by atoms with Crippen molar-refractivity contribution in [2.45, 2.75) is 38.5 Å². The number of fused-ring (bicyclic) bond motifs is 1. The number of carbonyl (C=O) groups is 2. The number of aliphatic hydroxyl groups is 1. The van der Waals surface area contributed by atoms with Crippen molar-refractivity contribution in [2.75, 3.05) is 0 Å². The summed E-state index contributed by atoms with van der Waals surface area (Å²) in [7, 11) is 0. The van der Waals surface area contributed by atoms with Crippen LogP contribution >= 0.6 is 0 Å². The zero-order valence-electron chi connectivity index (χ0n) is 8.98. The Labute approximate surface area is 87.8 Å². The third kappa shape index (κ3) is 1.07. The average Bonchev–Trinajstić information content (AvgIpc) is 2.37. The largest absolute Gasteiger partial charge is 0.456 e. The standard InChI is InChI=1S/C10H15NO4/c1-4(2)6(12)10-7(15-9(10)14)5(3)8(13)11-10/h4-7,12H,1-3H3,(H,11,13)/t5-,6?,7+,10?/m0/s1. The number of hydrogen-bond donors (Lipinski definition) is 2. The molecule has 2 aliphatic heterocycles. The van der Waals surface area contributed by atoms with Gasteiger partial charge in [-0.3, -0.25) is 4.79 Å². The van der Waals surface area contributed by atoms with Gasteiger partial charge in [0.05, 0.1) is 12.0 Å². The highest BCUT2D eigenvalue weighted by atomic mass is 16.6. The van der Waals surface area contributed by atoms with Gasteiger partial charge in [-0.25, -0.2) is 4.79 Å². The maximum atomic E-state index is 11.5. The number of aliphatic hydroxyl groups excluding tert-OH is 1. The van der Waals surface area contributed by atoms with E-state index in [1.165, 1.54) is 0 Å². The summed E-state index contributed by atoms with van der Waals surface area (Å²) in [6, 6.07) is 0. The number of carbonyl (C=O) groups excluding carboxylic acids is 2. The molecule has 2 saturated heterocycles. The Kier molecular flexibility index (Phi) is 2.05. The monoisotopic (exact) mass is 213 g/mol. The van der Waals surface area contributed by atoms with Crippen molar-refractivity contribution in [1.82, 2.24) is 5.32 Å². The topological polar surface area (TPSA) is 75.6 Å². The first-order valence-electron chi connectivity index (χ1n) is 5.12. The molecule has 1 amide bonds. The average molecular weight is 213 g/mol. The molecule has 0 saturated carbocycles. The van der Waals surface area contributed by atoms with Crippen LogP contribution in [0, 0.1) is 11.8 Å². The van der Waals surface area contributed by atoms with Crippen molar-refractivity contribution in [2.24, 2.45) is 11.8 Å². The van der Waals surface area contributed by atoms with E-state index in [0.717, 1.165) is 0 Å². The van der Waals surface area contributed by atoms with Crippen LogP contribution in [0.2, 0.25) is 0 Å². The van der Waals surface area contributed by atoms with E-state index in [1.54, 1.807) is 20.8 Å². The van der Waals surface area contributed by atoms with Crippen molar-refractivity contribution >= 4 is 11.9 Å². The zero-order valence-corrected chi connectivity index (χ0v) is 8.98. The maximum absolute atomic E-state index is 11.5. The first-order chi connectivity index (χ1) is 6.91. The lowest BCUT2D eigenvalue weighted by Gasteiger charge is -2.46. The van der Waals surface area contributed by atoms with Crippen LogP contribution in [0.25, 0.3) is 0 Å². The highest BCUT2D eigenvalue weighted by Gasteiger charge is 2.70. The predicted molar refractivity (Wildman–Crippen MR) is 50.8 cm³/mol. The molecule has 2 aliphatic rings. The fourth-order valence-corrected chi connectivity index (χ4v) is 2.33. The molecule has 2 unspecified atom stereocenters. The Hall–Kier alpha value is -1.10. The molecule has 84 valence electrons. The number of rotatable bonds is 2. The van der Waals surface area contributed by atoms with E-state index in [0.29, 0.717) is 0 Å². The first-order valence-corrected chi connectivity index (χ1v) is 5.12. The molecule has 5 heteroatoms. The molecule has 2 fully saturated rings. The molecular formula is C10H15NO4. The van der Waals surface area contributed by atoms with Crippen LogP contribution in [0.5, 0.6) is 0 Å². The Balaban J connectivity index is 2.33. The second-order valence-electron chi connectivity index (χ2n) is 4.66. The molecule has 0 aromatic rings. The zero-order chi connectivity index (χ0) is 11.4. The minimum absolute atomic E-state index is 0.106. The number of esters is 1. The van der Waals surface area contributed by atoms with E-state index >= 15 is 0 Å². The maximum Gasteiger partial charge on any atom is 0.338 e. The van der Waals surface area contributed by atoms with Gasteiger partial charge in [-0.15, -0.1) is 0 Å². The van der Waals surface area contributed by atoms with E-state index < -0.39 is 23.7 Å². The number of hydrogen-bond acceptors (Lipinski definition) is 4. The molecule has 0 spiro atoms. The lowest BCUT2D eigenvalue weighted by Crippen LogP contribution is -2.73. The molecule has 2 N–H and O–H groups in total. The van der Waals surface area contributed by atoms with Crippen LogP contribution in [0.1, 0.15) is 20.8 Å². The molecule has 0 aliphatic carbocycles. The van der Waals surface area contributed by atoms with Crippen molar-refractivity contribution in [3.05, 3.63) is 0 Å². The summed E-state index contributed by atoms with van der Waals surface area (Å²) in [5, 5.41) is 12.6. The molecule has 0 aromatic carbocycles. The van der Waals surface area contributed by atoms with Crippen LogP contribution < -0.4 is 5.32 Å². The van der Waals surface area contributed by atoms with E-state index in [4.69, 9.17) is 4.74 Å². The van der Waals surface area contributed by atoms with Gasteiger partial charge in [0, 0.05) is 0 Å². The second kappa shape index (κ2) is 2.95. The Bertz CT molecular complexity index is 327. The van der Waals surface area contributed by atoms with Crippen LogP contribution in [-0.2, 0) is 14.3 Å². The minimum atomic E-state index is -1.19. The summed E-state index contributed by atoms with van der Waals surface area (Å²) in [5.74, 6) is -1.24. The highest BCUT2D eigenvalue weighted by molar-refractivity contribution is 5.99. The van der Waals surface area contributed by atoms with Crippen molar-refractivity contribution in [1.29, 1.82) is 0 Å². The van der Waals surface area contributed by atoms with E-state index in [1.807, 2.05) is 0 Å². The summed E-state index contributed by atoms with van der Waals surface area (Å²) in [4.78, 5) is 22.9. The van der Waals surface area contributed by atoms with Gasteiger partial charge >= 0.3 is 5.97 Å². The highest BCUT2D eigenvalue weighted by Crippen LogP contribution is 2.42. The van der Waals surface area contributed by atoms with E-state index in [-0.39, 0.29) is 17.7 Å². The van der Waals surface area contributed by atoms with Gasteiger partial charge in [0.25, 0.3) is 0 Å². The van der Waals surface area contributed by atoms with Gasteiger partial charge < -0.3 is 15.2 Å². The normalized spacial score (nSPS) is 40.6. The third-order valence-electron chi connectivity index (χ3n) is 3.32. The summed E-state index contributed by atoms with van der Waals surface area (Å²) in [5.41, 5.74) is -1.19. The van der Waals surface area contributed by atoms with Gasteiger partial charge in [0.15, 0.2) is 0 Å². The van der Waals surface area contributed by atoms with Gasteiger partial charge in [0.1, 0.15) is 6.10 Å². The number of amides is 1. The first kappa shape index (κ1) is 10.4. The molecule has 0 radical (unpaired) electrons. The van der Waals surface area contributed by atoms with Crippen LogP contribution in [0.4, 0.5) is 0 Å². The fraction of sp³-hybridized carbons (Fsp3) is 0.800. The van der Waals surface area contributed by atoms with Crippen molar-refractivity contribution in [3.8, 4) is 0 Å². The van der Waals surface area contributed by atoms with Crippen LogP contribution in [-0.4, -0.2) is 34.7 Å². The van der Waals surface area contributed by atoms with Gasteiger partial charge in [0.2, 0.25) is 11.4 Å². The SMILES string of the molecule is CC(C)C(O)C12NC(=O)[C@@H](C)[C@H]1OC2=O. The second-order valence-corrected chi connectivity index (χ2v) is 4.66. The lowest BCUT2D eigenvalue weighted by atomic mass is 9.76. The molecule has 2 rings (SSSR count). The van der Waals surface area contributed by atoms with Gasteiger partial charge in [-0.05, 0) is 12.8 Å². The number of nitrogens with one attached hydrogen (secondary N) is 1. The Morgan fingerprint density at radius 3 is 2.47 bits per heavy atom. The van der Waals surface area contributed by atoms with Crippen molar-refractivity contribution < 1.29 is 19.4 Å². The fourth-order valence-electron chi connectivity index (χ4n) is 2.33. The molecule has 5 nitrogen and oxygen atoms in total. The Morgan fingerprint density at radius 1 is 1.47 bits per heavy atom.